The zero-order valence-corrected chi connectivity index (χ0v) is 22.1. The van der Waals surface area contributed by atoms with Crippen LogP contribution >= 0.6 is 0 Å². The molecule has 7 rings (SSSR count). The first-order chi connectivity index (χ1) is 19.4. The van der Waals surface area contributed by atoms with Crippen molar-refractivity contribution in [2.45, 2.75) is 19.5 Å². The molecule has 1 atom stereocenters. The maximum absolute atomic E-state index is 13.5. The molecule has 0 saturated carbocycles. The predicted octanol–water partition coefficient (Wildman–Crippen LogP) is 3.02. The van der Waals surface area contributed by atoms with Crippen LogP contribution in [0.4, 0.5) is 0 Å². The van der Waals surface area contributed by atoms with Gasteiger partial charge in [0.05, 0.1) is 35.4 Å². The van der Waals surface area contributed by atoms with Crippen LogP contribution in [0.3, 0.4) is 0 Å². The average molecular weight is 538 g/mol. The third kappa shape index (κ3) is 3.39. The molecule has 2 N–H and O–H groups in total. The van der Waals surface area contributed by atoms with E-state index in [4.69, 9.17) is 4.74 Å². The van der Waals surface area contributed by atoms with Crippen LogP contribution in [0.1, 0.15) is 27.6 Å². The Balaban J connectivity index is 1.42. The summed E-state index contributed by atoms with van der Waals surface area (Å²) in [6.07, 6.45) is 0. The number of H-pyrrole nitrogens is 1. The summed E-state index contributed by atoms with van der Waals surface area (Å²) in [7, 11) is 1.50. The minimum atomic E-state index is -0.705. The van der Waals surface area contributed by atoms with Crippen molar-refractivity contribution < 1.29 is 23.9 Å². The molecule has 0 aliphatic carbocycles. The average Bonchev–Trinajstić information content (AvgIpc) is 3.58. The molecule has 4 amide bonds. The minimum absolute atomic E-state index is 0.0774. The topological polar surface area (TPSA) is 117 Å². The number of fused-ring (bicyclic) bond motifs is 10. The molecule has 4 heterocycles. The number of aromatic amines is 1. The highest BCUT2D eigenvalue weighted by Gasteiger charge is 2.39. The number of hydrogen-bond donors (Lipinski definition) is 2. The van der Waals surface area contributed by atoms with Gasteiger partial charge in [-0.15, -0.1) is 0 Å². The van der Waals surface area contributed by atoms with E-state index in [1.54, 1.807) is 11.8 Å². The van der Waals surface area contributed by atoms with Crippen LogP contribution in [0.5, 0.6) is 0 Å². The Hall–Kier alpha value is -4.70. The molecule has 2 aliphatic heterocycles. The van der Waals surface area contributed by atoms with Gasteiger partial charge in [0, 0.05) is 52.7 Å². The molecular weight excluding hydrogens is 510 g/mol. The fourth-order valence-corrected chi connectivity index (χ4v) is 6.22. The summed E-state index contributed by atoms with van der Waals surface area (Å²) < 4.78 is 7.21. The quantitative estimate of drug-likeness (QED) is 0.342. The molecular formula is C30H27N5O5. The van der Waals surface area contributed by atoms with Gasteiger partial charge < -0.3 is 24.5 Å². The van der Waals surface area contributed by atoms with E-state index in [1.165, 1.54) is 7.05 Å². The van der Waals surface area contributed by atoms with E-state index >= 15 is 0 Å². The number of carbonyl (C=O) groups excluding carboxylic acids is 4. The van der Waals surface area contributed by atoms with Gasteiger partial charge in [-0.25, -0.2) is 0 Å². The summed E-state index contributed by atoms with van der Waals surface area (Å²) in [5, 5.41) is 5.77. The van der Waals surface area contributed by atoms with Crippen LogP contribution in [0, 0.1) is 0 Å². The van der Waals surface area contributed by atoms with Crippen LogP contribution in [-0.2, 0) is 20.9 Å². The molecule has 0 radical (unpaired) electrons. The molecule has 2 aliphatic rings. The van der Waals surface area contributed by atoms with E-state index in [9.17, 15) is 19.2 Å². The summed E-state index contributed by atoms with van der Waals surface area (Å²) in [4.78, 5) is 59.6. The lowest BCUT2D eigenvalue weighted by molar-refractivity contribution is -0.139. The van der Waals surface area contributed by atoms with Gasteiger partial charge in [0.1, 0.15) is 12.6 Å². The van der Waals surface area contributed by atoms with Gasteiger partial charge in [0.2, 0.25) is 11.8 Å². The molecule has 5 aromatic rings. The summed E-state index contributed by atoms with van der Waals surface area (Å²) in [6, 6.07) is 14.5. The molecule has 202 valence electrons. The van der Waals surface area contributed by atoms with Crippen molar-refractivity contribution >= 4 is 67.2 Å². The second-order valence-electron chi connectivity index (χ2n) is 10.4. The van der Waals surface area contributed by atoms with E-state index in [0.29, 0.717) is 59.2 Å². The van der Waals surface area contributed by atoms with Crippen LogP contribution in [0.25, 0.3) is 43.6 Å². The van der Waals surface area contributed by atoms with E-state index in [-0.39, 0.29) is 30.2 Å². The number of benzene rings is 3. The third-order valence-electron chi connectivity index (χ3n) is 8.07. The van der Waals surface area contributed by atoms with Crippen molar-refractivity contribution in [3.63, 3.8) is 0 Å². The van der Waals surface area contributed by atoms with Gasteiger partial charge >= 0.3 is 0 Å². The van der Waals surface area contributed by atoms with Gasteiger partial charge in [0.15, 0.2) is 0 Å². The van der Waals surface area contributed by atoms with Gasteiger partial charge in [-0.3, -0.25) is 24.1 Å². The monoisotopic (exact) mass is 537 g/mol. The predicted molar refractivity (Wildman–Crippen MR) is 150 cm³/mol. The molecule has 0 bridgehead atoms. The number of hydrogen-bond acceptors (Lipinski definition) is 5. The standard InChI is InChI=1S/C30H27N5O5/c1-16(28(37)34-11-13-40-14-12-34)31-21(36)15-35-20-10-6-4-8-18(20)23-25-24(29(38)33(2)30(25)39)22-17-7-3-5-9-19(17)32-26(22)27(23)35/h3-10,16,32H,11-15H2,1-2H3,(H,31,36). The minimum Gasteiger partial charge on any atom is -0.378 e. The van der Waals surface area contributed by atoms with Gasteiger partial charge in [-0.1, -0.05) is 36.4 Å². The Kier molecular flexibility index (Phi) is 5.43. The number of imide groups is 1. The first kappa shape index (κ1) is 24.3. The van der Waals surface area contributed by atoms with Gasteiger partial charge in [-0.05, 0) is 19.1 Å². The Morgan fingerprint density at radius 3 is 2.35 bits per heavy atom. The normalized spacial score (nSPS) is 16.4. The molecule has 40 heavy (non-hydrogen) atoms. The lowest BCUT2D eigenvalue weighted by atomic mass is 9.97. The van der Waals surface area contributed by atoms with E-state index in [1.807, 2.05) is 53.1 Å². The van der Waals surface area contributed by atoms with Crippen LogP contribution < -0.4 is 5.32 Å². The molecule has 10 heteroatoms. The first-order valence-corrected chi connectivity index (χ1v) is 13.3. The lowest BCUT2D eigenvalue weighted by Crippen LogP contribution is -2.50. The number of para-hydroxylation sites is 2. The number of ether oxygens (including phenoxy) is 1. The van der Waals surface area contributed by atoms with Crippen molar-refractivity contribution in [1.82, 2.24) is 24.7 Å². The Morgan fingerprint density at radius 2 is 1.60 bits per heavy atom. The highest BCUT2D eigenvalue weighted by Crippen LogP contribution is 2.44. The maximum Gasteiger partial charge on any atom is 0.262 e. The third-order valence-corrected chi connectivity index (χ3v) is 8.07. The van der Waals surface area contributed by atoms with Crippen LogP contribution in [-0.4, -0.2) is 82.4 Å². The summed E-state index contributed by atoms with van der Waals surface area (Å²) in [6.45, 7) is 3.56. The number of rotatable bonds is 4. The SMILES string of the molecule is CC(NC(=O)Cn1c2ccccc2c2c3c(c4c5ccccc5[nH]c4c21)C(=O)N(C)C3=O)C(=O)N1CCOCC1. The number of carbonyl (C=O) groups is 4. The first-order valence-electron chi connectivity index (χ1n) is 13.3. The molecule has 1 saturated heterocycles. The van der Waals surface area contributed by atoms with Gasteiger partial charge in [0.25, 0.3) is 11.8 Å². The lowest BCUT2D eigenvalue weighted by Gasteiger charge is -2.29. The highest BCUT2D eigenvalue weighted by atomic mass is 16.5. The molecule has 3 aromatic carbocycles. The van der Waals surface area contributed by atoms with Crippen molar-refractivity contribution in [1.29, 1.82) is 0 Å². The number of nitrogens with zero attached hydrogens (tertiary/aromatic N) is 3. The van der Waals surface area contributed by atoms with E-state index in [0.717, 1.165) is 26.7 Å². The fraction of sp³-hybridized carbons (Fsp3) is 0.267. The van der Waals surface area contributed by atoms with Crippen molar-refractivity contribution in [2.75, 3.05) is 33.4 Å². The van der Waals surface area contributed by atoms with Crippen molar-refractivity contribution in [3.05, 3.63) is 59.7 Å². The van der Waals surface area contributed by atoms with Gasteiger partial charge in [-0.2, -0.15) is 0 Å². The summed E-state index contributed by atoms with van der Waals surface area (Å²) in [5.74, 6) is -1.20. The van der Waals surface area contributed by atoms with Crippen LogP contribution in [0.15, 0.2) is 48.5 Å². The van der Waals surface area contributed by atoms with Crippen LogP contribution in [0.2, 0.25) is 0 Å². The van der Waals surface area contributed by atoms with Crippen molar-refractivity contribution in [3.8, 4) is 0 Å². The number of amides is 4. The molecule has 1 fully saturated rings. The Labute approximate surface area is 228 Å². The fourth-order valence-electron chi connectivity index (χ4n) is 6.22. The van der Waals surface area contributed by atoms with E-state index < -0.39 is 6.04 Å². The smallest absolute Gasteiger partial charge is 0.262 e. The Morgan fingerprint density at radius 1 is 0.950 bits per heavy atom. The maximum atomic E-state index is 13.5. The molecule has 10 nitrogen and oxygen atoms in total. The molecule has 1 unspecified atom stereocenters. The van der Waals surface area contributed by atoms with E-state index in [2.05, 4.69) is 10.3 Å². The Bertz CT molecular complexity index is 1910. The number of aromatic nitrogens is 2. The summed E-state index contributed by atoms with van der Waals surface area (Å²) >= 11 is 0. The molecule has 2 aromatic heterocycles. The number of nitrogens with one attached hydrogen (secondary N) is 2. The highest BCUT2D eigenvalue weighted by molar-refractivity contribution is 6.39. The second kappa shape index (κ2) is 8.92. The van der Waals surface area contributed by atoms with Crippen molar-refractivity contribution in [2.24, 2.45) is 0 Å². The second-order valence-corrected chi connectivity index (χ2v) is 10.4. The molecule has 0 spiro atoms. The zero-order chi connectivity index (χ0) is 27.7. The summed E-state index contributed by atoms with van der Waals surface area (Å²) in [5.41, 5.74) is 3.67. The zero-order valence-electron chi connectivity index (χ0n) is 22.1. The number of morpholine rings is 1. The largest absolute Gasteiger partial charge is 0.378 e.